The van der Waals surface area contributed by atoms with Crippen molar-refractivity contribution in [1.82, 2.24) is 29.7 Å². The third-order valence-electron chi connectivity index (χ3n) is 6.33. The highest BCUT2D eigenvalue weighted by Crippen LogP contribution is 2.22. The van der Waals surface area contributed by atoms with E-state index in [4.69, 9.17) is 11.6 Å². The molecule has 0 radical (unpaired) electrons. The lowest BCUT2D eigenvalue weighted by Crippen LogP contribution is -2.32. The smallest absolute Gasteiger partial charge is 0.263 e. The summed E-state index contributed by atoms with van der Waals surface area (Å²) in [7, 11) is 4.02. The number of rotatable bonds is 9. The fourth-order valence-electron chi connectivity index (χ4n) is 4.30. The highest BCUT2D eigenvalue weighted by molar-refractivity contribution is 6.29. The van der Waals surface area contributed by atoms with E-state index >= 15 is 4.39 Å². The summed E-state index contributed by atoms with van der Waals surface area (Å²) in [4.78, 5) is 40.6. The molecular formula is C30H27ClFN7O2. The Morgan fingerprint density at radius 1 is 1.00 bits per heavy atom. The molecule has 208 valence electrons. The number of amides is 1. The number of halogens is 2. The molecule has 1 amide bonds. The number of nitrogens with zero attached hydrogens (tertiary/aromatic N) is 5. The molecule has 2 N–H and O–H groups in total. The number of fused-ring (bicyclic) bond motifs is 1. The van der Waals surface area contributed by atoms with Crippen molar-refractivity contribution in [3.05, 3.63) is 123 Å². The summed E-state index contributed by atoms with van der Waals surface area (Å²) in [5, 5.41) is 6.35. The monoisotopic (exact) mass is 571 g/mol. The molecule has 0 atom stereocenters. The molecule has 3 heterocycles. The van der Waals surface area contributed by atoms with E-state index < -0.39 is 17.3 Å². The van der Waals surface area contributed by atoms with Crippen LogP contribution in [-0.4, -0.2) is 44.4 Å². The zero-order chi connectivity index (χ0) is 28.9. The normalized spacial score (nSPS) is 11.1. The number of aromatic nitrogens is 4. The highest BCUT2D eigenvalue weighted by atomic mass is 35.5. The van der Waals surface area contributed by atoms with Gasteiger partial charge in [0, 0.05) is 42.9 Å². The van der Waals surface area contributed by atoms with Crippen LogP contribution in [0.25, 0.3) is 10.9 Å². The summed E-state index contributed by atoms with van der Waals surface area (Å²) in [6, 6.07) is 17.6. The molecule has 0 aliphatic carbocycles. The summed E-state index contributed by atoms with van der Waals surface area (Å²) >= 11 is 5.82. The topological polar surface area (TPSA) is 105 Å². The minimum Gasteiger partial charge on any atom is -0.348 e. The van der Waals surface area contributed by atoms with E-state index in [-0.39, 0.29) is 29.6 Å². The zero-order valence-electron chi connectivity index (χ0n) is 22.4. The Kier molecular flexibility index (Phi) is 8.32. The minimum absolute atomic E-state index is 0.0515. The molecule has 2 aromatic carbocycles. The SMILES string of the molecule is CN(C)Cc1ccc(Nc2ncc3c(F)c(CNC(=O)c4cccn(Cc5ccc(Cl)nc5)c4=O)ccc3n2)cc1. The van der Waals surface area contributed by atoms with Crippen LogP contribution in [0, 0.1) is 5.82 Å². The second kappa shape index (κ2) is 12.2. The predicted octanol–water partition coefficient (Wildman–Crippen LogP) is 4.76. The molecule has 5 aromatic rings. The number of benzene rings is 2. The molecule has 0 aliphatic rings. The third-order valence-corrected chi connectivity index (χ3v) is 6.56. The van der Waals surface area contributed by atoms with Crippen molar-refractivity contribution in [2.75, 3.05) is 19.4 Å². The Balaban J connectivity index is 1.26. The summed E-state index contributed by atoms with van der Waals surface area (Å²) in [6.45, 7) is 0.942. The molecule has 5 rings (SSSR count). The van der Waals surface area contributed by atoms with Gasteiger partial charge < -0.3 is 20.1 Å². The Labute approximate surface area is 240 Å². The van der Waals surface area contributed by atoms with Gasteiger partial charge >= 0.3 is 0 Å². The number of hydrogen-bond donors (Lipinski definition) is 2. The van der Waals surface area contributed by atoms with Crippen LogP contribution >= 0.6 is 11.6 Å². The van der Waals surface area contributed by atoms with Crippen molar-refractivity contribution in [2.24, 2.45) is 0 Å². The minimum atomic E-state index is -0.606. The molecule has 0 saturated carbocycles. The molecule has 0 aliphatic heterocycles. The van der Waals surface area contributed by atoms with Gasteiger partial charge in [-0.25, -0.2) is 19.3 Å². The van der Waals surface area contributed by atoms with Crippen molar-refractivity contribution in [1.29, 1.82) is 0 Å². The van der Waals surface area contributed by atoms with Crippen LogP contribution in [0.1, 0.15) is 27.0 Å². The second-order valence-electron chi connectivity index (χ2n) is 9.75. The van der Waals surface area contributed by atoms with Gasteiger partial charge in [0.05, 0.1) is 17.4 Å². The largest absolute Gasteiger partial charge is 0.348 e. The van der Waals surface area contributed by atoms with Gasteiger partial charge in [-0.1, -0.05) is 35.9 Å². The van der Waals surface area contributed by atoms with Crippen LogP contribution in [0.15, 0.2) is 84.0 Å². The number of hydrogen-bond acceptors (Lipinski definition) is 7. The lowest BCUT2D eigenvalue weighted by atomic mass is 10.1. The molecule has 0 bridgehead atoms. The van der Waals surface area contributed by atoms with Crippen molar-refractivity contribution in [3.63, 3.8) is 0 Å². The maximum atomic E-state index is 15.3. The first-order chi connectivity index (χ1) is 19.8. The van der Waals surface area contributed by atoms with Gasteiger partial charge in [0.15, 0.2) is 0 Å². The van der Waals surface area contributed by atoms with Gasteiger partial charge in [-0.2, -0.15) is 0 Å². The van der Waals surface area contributed by atoms with E-state index in [0.29, 0.717) is 16.6 Å². The Bertz CT molecular complexity index is 1760. The van der Waals surface area contributed by atoms with Crippen molar-refractivity contribution in [2.45, 2.75) is 19.6 Å². The Morgan fingerprint density at radius 2 is 1.78 bits per heavy atom. The molecular weight excluding hydrogens is 545 g/mol. The van der Waals surface area contributed by atoms with E-state index in [9.17, 15) is 9.59 Å². The molecule has 11 heteroatoms. The van der Waals surface area contributed by atoms with Gasteiger partial charge in [-0.15, -0.1) is 0 Å². The third kappa shape index (κ3) is 6.74. The van der Waals surface area contributed by atoms with Crippen LogP contribution in [0.5, 0.6) is 0 Å². The van der Waals surface area contributed by atoms with Crippen LogP contribution in [0.2, 0.25) is 5.15 Å². The summed E-state index contributed by atoms with van der Waals surface area (Å²) in [5.74, 6) is -0.804. The first-order valence-electron chi connectivity index (χ1n) is 12.8. The molecule has 0 unspecified atom stereocenters. The molecule has 3 aromatic heterocycles. The fraction of sp³-hybridized carbons (Fsp3) is 0.167. The molecule has 0 saturated heterocycles. The fourth-order valence-corrected chi connectivity index (χ4v) is 4.41. The van der Waals surface area contributed by atoms with E-state index in [0.717, 1.165) is 17.8 Å². The summed E-state index contributed by atoms with van der Waals surface area (Å²) < 4.78 is 16.7. The number of carbonyl (C=O) groups excluding carboxylic acids is 1. The molecule has 0 spiro atoms. The summed E-state index contributed by atoms with van der Waals surface area (Å²) in [5.41, 5.74) is 2.89. The second-order valence-corrected chi connectivity index (χ2v) is 10.1. The van der Waals surface area contributed by atoms with E-state index in [1.807, 2.05) is 38.4 Å². The highest BCUT2D eigenvalue weighted by Gasteiger charge is 2.15. The van der Waals surface area contributed by atoms with E-state index in [1.165, 1.54) is 22.4 Å². The Morgan fingerprint density at radius 3 is 2.51 bits per heavy atom. The van der Waals surface area contributed by atoms with Crippen LogP contribution in [0.4, 0.5) is 16.0 Å². The lowest BCUT2D eigenvalue weighted by molar-refractivity contribution is 0.0948. The average Bonchev–Trinajstić information content (AvgIpc) is 2.95. The van der Waals surface area contributed by atoms with Crippen molar-refractivity contribution >= 4 is 40.0 Å². The first kappa shape index (κ1) is 27.9. The number of nitrogens with one attached hydrogen (secondary N) is 2. The van der Waals surface area contributed by atoms with Crippen LogP contribution in [0.3, 0.4) is 0 Å². The van der Waals surface area contributed by atoms with Crippen molar-refractivity contribution in [3.8, 4) is 0 Å². The quantitative estimate of drug-likeness (QED) is 0.246. The molecule has 0 fully saturated rings. The number of pyridine rings is 2. The standard InChI is InChI=1S/C30H27ClFN7O2/c1-38(2)17-19-5-9-22(10-6-19)36-30-35-16-24-25(37-30)11-8-21(27(24)32)15-34-28(40)23-4-3-13-39(29(23)41)18-20-7-12-26(31)33-14-20/h3-14,16H,15,17-18H2,1-2H3,(H,34,40)(H,35,36,37). The van der Waals surface area contributed by atoms with Gasteiger partial charge in [0.1, 0.15) is 16.5 Å². The maximum Gasteiger partial charge on any atom is 0.263 e. The van der Waals surface area contributed by atoms with Gasteiger partial charge in [0.25, 0.3) is 11.5 Å². The van der Waals surface area contributed by atoms with E-state index in [1.54, 1.807) is 42.7 Å². The lowest BCUT2D eigenvalue weighted by Gasteiger charge is -2.12. The number of carbonyl (C=O) groups is 1. The molecule has 41 heavy (non-hydrogen) atoms. The predicted molar refractivity (Wildman–Crippen MR) is 157 cm³/mol. The summed E-state index contributed by atoms with van der Waals surface area (Å²) in [6.07, 6.45) is 4.56. The Hall–Kier alpha value is -4.67. The molecule has 9 nitrogen and oxygen atoms in total. The van der Waals surface area contributed by atoms with E-state index in [2.05, 4.69) is 30.5 Å². The van der Waals surface area contributed by atoms with Gasteiger partial charge in [-0.05, 0) is 61.6 Å². The van der Waals surface area contributed by atoms with Gasteiger partial charge in [-0.3, -0.25) is 9.59 Å². The van der Waals surface area contributed by atoms with Crippen molar-refractivity contribution < 1.29 is 9.18 Å². The van der Waals surface area contributed by atoms with Crippen LogP contribution < -0.4 is 16.2 Å². The van der Waals surface area contributed by atoms with Gasteiger partial charge in [0.2, 0.25) is 5.95 Å². The average molecular weight is 572 g/mol. The zero-order valence-corrected chi connectivity index (χ0v) is 23.2. The maximum absolute atomic E-state index is 15.3. The van der Waals surface area contributed by atoms with Crippen LogP contribution in [-0.2, 0) is 19.6 Å². The number of anilines is 2. The first-order valence-corrected chi connectivity index (χ1v) is 13.2.